The fourth-order valence-electron chi connectivity index (χ4n) is 1.64. The molecular formula is C12H16O. The Hall–Kier alpha value is -1.03. The van der Waals surface area contributed by atoms with Gasteiger partial charge in [-0.05, 0) is 31.3 Å². The van der Waals surface area contributed by atoms with Gasteiger partial charge in [0.05, 0.1) is 0 Å². The smallest absolute Gasteiger partial charge is 0.208 e. The van der Waals surface area contributed by atoms with Crippen LogP contribution in [-0.2, 0) is 4.79 Å². The summed E-state index contributed by atoms with van der Waals surface area (Å²) in [7, 11) is 0. The predicted molar refractivity (Wildman–Crippen MR) is 54.2 cm³/mol. The zero-order valence-electron chi connectivity index (χ0n) is 8.23. The first-order valence-electron chi connectivity index (χ1n) is 4.91. The van der Waals surface area contributed by atoms with E-state index in [1.54, 1.807) is 0 Å². The molecule has 70 valence electrons. The van der Waals surface area contributed by atoms with Crippen molar-refractivity contribution in [3.8, 4) is 11.8 Å². The summed E-state index contributed by atoms with van der Waals surface area (Å²) in [5, 5.41) is 0. The van der Waals surface area contributed by atoms with Crippen molar-refractivity contribution in [2.45, 2.75) is 39.0 Å². The lowest BCUT2D eigenvalue weighted by Crippen LogP contribution is -2.15. The van der Waals surface area contributed by atoms with E-state index >= 15 is 0 Å². The molecule has 1 aliphatic carbocycles. The lowest BCUT2D eigenvalue weighted by molar-refractivity contribution is -0.118. The van der Waals surface area contributed by atoms with Crippen molar-refractivity contribution in [1.82, 2.24) is 0 Å². The Kier molecular flexibility index (Phi) is 3.76. The van der Waals surface area contributed by atoms with E-state index in [9.17, 15) is 4.79 Å². The Labute approximate surface area is 80.2 Å². The summed E-state index contributed by atoms with van der Waals surface area (Å²) in [6, 6.07) is 0. The molecule has 1 rings (SSSR count). The van der Waals surface area contributed by atoms with Crippen molar-refractivity contribution in [2.24, 2.45) is 5.92 Å². The first kappa shape index (κ1) is 10.1. The predicted octanol–water partition coefficient (Wildman–Crippen LogP) is 2.72. The SMILES string of the molecule is C=C(C)C#CC(=O)C1CCCCC1. The number of carbonyl (C=O) groups excluding carboxylic acids is 1. The number of carbonyl (C=O) groups is 1. The molecule has 0 aliphatic heterocycles. The molecule has 13 heavy (non-hydrogen) atoms. The molecule has 1 nitrogen and oxygen atoms in total. The van der Waals surface area contributed by atoms with Crippen LogP contribution >= 0.6 is 0 Å². The van der Waals surface area contributed by atoms with E-state index in [0.29, 0.717) is 0 Å². The molecule has 1 fully saturated rings. The molecule has 0 bridgehead atoms. The molecule has 0 saturated heterocycles. The van der Waals surface area contributed by atoms with Crippen LogP contribution in [-0.4, -0.2) is 5.78 Å². The Balaban J connectivity index is 2.48. The van der Waals surface area contributed by atoms with Crippen LogP contribution in [0.4, 0.5) is 0 Å². The van der Waals surface area contributed by atoms with Crippen LogP contribution in [0.25, 0.3) is 0 Å². The summed E-state index contributed by atoms with van der Waals surface area (Å²) in [5.74, 6) is 5.73. The van der Waals surface area contributed by atoms with E-state index in [4.69, 9.17) is 0 Å². The lowest BCUT2D eigenvalue weighted by atomic mass is 9.86. The van der Waals surface area contributed by atoms with Gasteiger partial charge in [-0.1, -0.05) is 31.8 Å². The number of Topliss-reactive ketones (excluding diaryl/α,β-unsaturated/α-hetero) is 1. The largest absolute Gasteiger partial charge is 0.285 e. The molecule has 1 saturated carbocycles. The van der Waals surface area contributed by atoms with E-state index in [1.165, 1.54) is 19.3 Å². The highest BCUT2D eigenvalue weighted by Crippen LogP contribution is 2.23. The third kappa shape index (κ3) is 3.46. The number of hydrogen-bond acceptors (Lipinski definition) is 1. The molecule has 0 N–H and O–H groups in total. The maximum Gasteiger partial charge on any atom is 0.208 e. The van der Waals surface area contributed by atoms with E-state index in [1.807, 2.05) is 6.92 Å². The number of rotatable bonds is 1. The standard InChI is InChI=1S/C12H16O/c1-10(2)8-9-12(13)11-6-4-3-5-7-11/h11H,1,3-7H2,2H3. The highest BCUT2D eigenvalue weighted by atomic mass is 16.1. The molecule has 0 radical (unpaired) electrons. The fourth-order valence-corrected chi connectivity index (χ4v) is 1.64. The third-order valence-corrected chi connectivity index (χ3v) is 2.38. The first-order chi connectivity index (χ1) is 6.20. The van der Waals surface area contributed by atoms with Crippen molar-refractivity contribution in [1.29, 1.82) is 0 Å². The quantitative estimate of drug-likeness (QED) is 0.443. The Morgan fingerprint density at radius 2 is 1.85 bits per heavy atom. The van der Waals surface area contributed by atoms with Crippen molar-refractivity contribution in [3.63, 3.8) is 0 Å². The molecule has 0 amide bonds. The highest BCUT2D eigenvalue weighted by molar-refractivity contribution is 5.97. The molecular weight excluding hydrogens is 160 g/mol. The molecule has 0 aromatic heterocycles. The van der Waals surface area contributed by atoms with Crippen LogP contribution in [0.1, 0.15) is 39.0 Å². The normalized spacial score (nSPS) is 17.3. The summed E-state index contributed by atoms with van der Waals surface area (Å²) in [6.07, 6.45) is 5.71. The summed E-state index contributed by atoms with van der Waals surface area (Å²) in [6.45, 7) is 5.47. The van der Waals surface area contributed by atoms with Gasteiger partial charge in [0.1, 0.15) is 0 Å². The number of hydrogen-bond donors (Lipinski definition) is 0. The van der Waals surface area contributed by atoms with E-state index in [-0.39, 0.29) is 11.7 Å². The zero-order chi connectivity index (χ0) is 9.68. The Bertz CT molecular complexity index is 259. The van der Waals surface area contributed by atoms with Gasteiger partial charge in [-0.2, -0.15) is 0 Å². The Morgan fingerprint density at radius 1 is 1.23 bits per heavy atom. The van der Waals surface area contributed by atoms with Crippen molar-refractivity contribution >= 4 is 5.78 Å². The van der Waals surface area contributed by atoms with Crippen molar-refractivity contribution in [2.75, 3.05) is 0 Å². The van der Waals surface area contributed by atoms with Crippen LogP contribution < -0.4 is 0 Å². The second-order valence-electron chi connectivity index (χ2n) is 3.73. The third-order valence-electron chi connectivity index (χ3n) is 2.38. The summed E-state index contributed by atoms with van der Waals surface area (Å²) < 4.78 is 0. The van der Waals surface area contributed by atoms with Crippen LogP contribution in [0, 0.1) is 17.8 Å². The molecule has 1 heteroatoms. The van der Waals surface area contributed by atoms with Crippen LogP contribution in [0.3, 0.4) is 0 Å². The number of allylic oxidation sites excluding steroid dienone is 1. The lowest BCUT2D eigenvalue weighted by Gasteiger charge is -2.17. The van der Waals surface area contributed by atoms with Crippen LogP contribution in [0.15, 0.2) is 12.2 Å². The average Bonchev–Trinajstić information content (AvgIpc) is 2.15. The topological polar surface area (TPSA) is 17.1 Å². The summed E-state index contributed by atoms with van der Waals surface area (Å²) in [4.78, 5) is 11.5. The fraction of sp³-hybridized carbons (Fsp3) is 0.583. The first-order valence-corrected chi connectivity index (χ1v) is 4.91. The van der Waals surface area contributed by atoms with Gasteiger partial charge in [0.15, 0.2) is 0 Å². The molecule has 0 unspecified atom stereocenters. The second-order valence-corrected chi connectivity index (χ2v) is 3.73. The van der Waals surface area contributed by atoms with Gasteiger partial charge in [0, 0.05) is 5.92 Å². The van der Waals surface area contributed by atoms with Crippen molar-refractivity contribution < 1.29 is 4.79 Å². The van der Waals surface area contributed by atoms with Gasteiger partial charge in [0.25, 0.3) is 0 Å². The molecule has 0 aromatic carbocycles. The molecule has 0 atom stereocenters. The second kappa shape index (κ2) is 4.87. The van der Waals surface area contributed by atoms with Crippen molar-refractivity contribution in [3.05, 3.63) is 12.2 Å². The van der Waals surface area contributed by atoms with Crippen LogP contribution in [0.2, 0.25) is 0 Å². The average molecular weight is 176 g/mol. The minimum atomic E-state index is 0.114. The van der Waals surface area contributed by atoms with Crippen LogP contribution in [0.5, 0.6) is 0 Å². The van der Waals surface area contributed by atoms with E-state index in [0.717, 1.165) is 18.4 Å². The monoisotopic (exact) mass is 176 g/mol. The molecule has 0 heterocycles. The van der Waals surface area contributed by atoms with Gasteiger partial charge in [-0.25, -0.2) is 0 Å². The van der Waals surface area contributed by atoms with Gasteiger partial charge in [0.2, 0.25) is 5.78 Å². The number of ketones is 1. The van der Waals surface area contributed by atoms with Gasteiger partial charge in [-0.15, -0.1) is 0 Å². The minimum absolute atomic E-state index is 0.114. The van der Waals surface area contributed by atoms with Gasteiger partial charge in [-0.3, -0.25) is 4.79 Å². The molecule has 1 aliphatic rings. The van der Waals surface area contributed by atoms with E-state index < -0.39 is 0 Å². The highest BCUT2D eigenvalue weighted by Gasteiger charge is 2.18. The minimum Gasteiger partial charge on any atom is -0.285 e. The summed E-state index contributed by atoms with van der Waals surface area (Å²) >= 11 is 0. The van der Waals surface area contributed by atoms with Gasteiger partial charge >= 0.3 is 0 Å². The maximum absolute atomic E-state index is 11.5. The Morgan fingerprint density at radius 3 is 2.38 bits per heavy atom. The maximum atomic E-state index is 11.5. The zero-order valence-corrected chi connectivity index (χ0v) is 8.23. The van der Waals surface area contributed by atoms with E-state index in [2.05, 4.69) is 18.4 Å². The summed E-state index contributed by atoms with van der Waals surface area (Å²) in [5.41, 5.74) is 0.768. The molecule has 0 aromatic rings. The molecule has 0 spiro atoms. The van der Waals surface area contributed by atoms with Gasteiger partial charge < -0.3 is 0 Å².